The smallest absolute Gasteiger partial charge is 0.274 e. The van der Waals surface area contributed by atoms with Crippen LogP contribution in [-0.4, -0.2) is 39.2 Å². The van der Waals surface area contributed by atoms with Crippen LogP contribution in [0.15, 0.2) is 17.5 Å². The van der Waals surface area contributed by atoms with Gasteiger partial charge in [0.25, 0.3) is 5.91 Å². The highest BCUT2D eigenvalue weighted by molar-refractivity contribution is 7.10. The lowest BCUT2D eigenvalue weighted by Crippen LogP contribution is -2.40. The number of nitrogens with zero attached hydrogens (tertiary/aromatic N) is 2. The standard InChI is InChI=1S/C17H21N3O2S/c21-16(14-5-2-10-23-14)11-6-8-20(9-7-11)17(22)15-12-3-1-4-13(12)18-19-15/h2,5,10-11,16,21H,1,3-4,6-9H2,(H,18,19). The van der Waals surface area contributed by atoms with E-state index in [-0.39, 0.29) is 11.8 Å². The Bertz CT molecular complexity index is 687. The summed E-state index contributed by atoms with van der Waals surface area (Å²) in [6, 6.07) is 3.96. The molecular formula is C17H21N3O2S. The van der Waals surface area contributed by atoms with Gasteiger partial charge in [0.1, 0.15) is 0 Å². The summed E-state index contributed by atoms with van der Waals surface area (Å²) in [4.78, 5) is 15.6. The summed E-state index contributed by atoms with van der Waals surface area (Å²) in [6.45, 7) is 1.40. The molecule has 2 aliphatic rings. The van der Waals surface area contributed by atoms with Crippen LogP contribution in [0.2, 0.25) is 0 Å². The van der Waals surface area contributed by atoms with E-state index in [4.69, 9.17) is 0 Å². The number of aliphatic hydroxyl groups is 1. The first kappa shape index (κ1) is 14.9. The highest BCUT2D eigenvalue weighted by Crippen LogP contribution is 2.33. The summed E-state index contributed by atoms with van der Waals surface area (Å²) in [5.41, 5.74) is 2.88. The second kappa shape index (κ2) is 6.09. The molecule has 2 N–H and O–H groups in total. The maximum Gasteiger partial charge on any atom is 0.274 e. The lowest BCUT2D eigenvalue weighted by Gasteiger charge is -2.33. The Hall–Kier alpha value is -1.66. The third-order valence-corrected chi connectivity index (χ3v) is 6.06. The normalized spacial score (nSPS) is 19.8. The molecule has 3 heterocycles. The number of aryl methyl sites for hydroxylation is 1. The number of nitrogens with one attached hydrogen (secondary N) is 1. The number of likely N-dealkylation sites (tertiary alicyclic amines) is 1. The van der Waals surface area contributed by atoms with Crippen molar-refractivity contribution in [2.24, 2.45) is 5.92 Å². The van der Waals surface area contributed by atoms with Gasteiger partial charge in [0, 0.05) is 29.2 Å². The quantitative estimate of drug-likeness (QED) is 0.908. The van der Waals surface area contributed by atoms with E-state index in [1.54, 1.807) is 11.3 Å². The molecule has 1 amide bonds. The molecule has 1 fully saturated rings. The molecule has 0 saturated carbocycles. The maximum absolute atomic E-state index is 12.7. The molecule has 6 heteroatoms. The number of aromatic nitrogens is 2. The van der Waals surface area contributed by atoms with Gasteiger partial charge in [-0.15, -0.1) is 11.3 Å². The number of carbonyl (C=O) groups is 1. The number of rotatable bonds is 3. The molecule has 1 unspecified atom stereocenters. The number of hydrogen-bond acceptors (Lipinski definition) is 4. The van der Waals surface area contributed by atoms with Gasteiger partial charge in [0.15, 0.2) is 5.69 Å². The van der Waals surface area contributed by atoms with E-state index in [9.17, 15) is 9.90 Å². The van der Waals surface area contributed by atoms with E-state index in [0.29, 0.717) is 18.8 Å². The summed E-state index contributed by atoms with van der Waals surface area (Å²) in [5.74, 6) is 0.288. The van der Waals surface area contributed by atoms with Gasteiger partial charge in [-0.1, -0.05) is 6.07 Å². The average Bonchev–Trinajstić information content (AvgIpc) is 3.30. The fraction of sp³-hybridized carbons (Fsp3) is 0.529. The number of hydrogen-bond donors (Lipinski definition) is 2. The molecule has 2 aromatic heterocycles. The van der Waals surface area contributed by atoms with Crippen molar-refractivity contribution >= 4 is 17.2 Å². The largest absolute Gasteiger partial charge is 0.387 e. The number of aromatic amines is 1. The third-order valence-electron chi connectivity index (χ3n) is 5.12. The molecule has 5 nitrogen and oxygen atoms in total. The minimum atomic E-state index is -0.401. The van der Waals surface area contributed by atoms with Crippen molar-refractivity contribution in [1.29, 1.82) is 0 Å². The van der Waals surface area contributed by atoms with Crippen LogP contribution in [0.5, 0.6) is 0 Å². The van der Waals surface area contributed by atoms with Crippen LogP contribution < -0.4 is 0 Å². The highest BCUT2D eigenvalue weighted by atomic mass is 32.1. The molecule has 0 bridgehead atoms. The van der Waals surface area contributed by atoms with Gasteiger partial charge in [-0.25, -0.2) is 0 Å². The molecule has 0 aromatic carbocycles. The minimum Gasteiger partial charge on any atom is -0.387 e. The van der Waals surface area contributed by atoms with Gasteiger partial charge < -0.3 is 10.0 Å². The number of fused-ring (bicyclic) bond motifs is 1. The van der Waals surface area contributed by atoms with Crippen molar-refractivity contribution in [3.8, 4) is 0 Å². The predicted molar refractivity (Wildman–Crippen MR) is 88.5 cm³/mol. The van der Waals surface area contributed by atoms with Crippen LogP contribution >= 0.6 is 11.3 Å². The van der Waals surface area contributed by atoms with E-state index in [2.05, 4.69) is 10.2 Å². The first-order chi connectivity index (χ1) is 11.2. The van der Waals surface area contributed by atoms with Gasteiger partial charge in [-0.05, 0) is 49.5 Å². The zero-order chi connectivity index (χ0) is 15.8. The highest BCUT2D eigenvalue weighted by Gasteiger charge is 2.32. The second-order valence-corrected chi connectivity index (χ2v) is 7.45. The van der Waals surface area contributed by atoms with Crippen molar-refractivity contribution in [2.75, 3.05) is 13.1 Å². The summed E-state index contributed by atoms with van der Waals surface area (Å²) in [7, 11) is 0. The average molecular weight is 331 g/mol. The van der Waals surface area contributed by atoms with Crippen molar-refractivity contribution in [1.82, 2.24) is 15.1 Å². The topological polar surface area (TPSA) is 69.2 Å². The molecule has 1 aliphatic heterocycles. The molecule has 0 radical (unpaired) electrons. The fourth-order valence-corrected chi connectivity index (χ4v) is 4.56. The van der Waals surface area contributed by atoms with Gasteiger partial charge in [-0.3, -0.25) is 9.89 Å². The van der Waals surface area contributed by atoms with Crippen LogP contribution in [0, 0.1) is 5.92 Å². The third kappa shape index (κ3) is 2.70. The van der Waals surface area contributed by atoms with Crippen LogP contribution in [0.25, 0.3) is 0 Å². The Morgan fingerprint density at radius 1 is 1.39 bits per heavy atom. The van der Waals surface area contributed by atoms with Gasteiger partial charge in [-0.2, -0.15) is 5.10 Å². The molecule has 1 atom stereocenters. The van der Waals surface area contributed by atoms with Gasteiger partial charge in [0.2, 0.25) is 0 Å². The first-order valence-corrected chi connectivity index (χ1v) is 9.19. The Kier molecular flexibility index (Phi) is 3.95. The van der Waals surface area contributed by atoms with E-state index in [1.165, 1.54) is 0 Å². The van der Waals surface area contributed by atoms with Crippen LogP contribution in [0.1, 0.15) is 52.0 Å². The molecule has 23 heavy (non-hydrogen) atoms. The summed E-state index contributed by atoms with van der Waals surface area (Å²) >= 11 is 1.60. The molecule has 0 spiro atoms. The van der Waals surface area contributed by atoms with Crippen LogP contribution in [0.4, 0.5) is 0 Å². The number of carbonyl (C=O) groups excluding carboxylic acids is 1. The lowest BCUT2D eigenvalue weighted by molar-refractivity contribution is 0.0469. The SMILES string of the molecule is O=C(c1n[nH]c2c1CCC2)N1CCC(C(O)c2cccs2)CC1. The van der Waals surface area contributed by atoms with Crippen molar-refractivity contribution < 1.29 is 9.90 Å². The first-order valence-electron chi connectivity index (χ1n) is 8.31. The Labute approximate surface area is 139 Å². The number of piperidine rings is 1. The zero-order valence-electron chi connectivity index (χ0n) is 13.0. The zero-order valence-corrected chi connectivity index (χ0v) is 13.8. The van der Waals surface area contributed by atoms with Crippen molar-refractivity contribution in [2.45, 2.75) is 38.2 Å². The number of amides is 1. The molecule has 1 saturated heterocycles. The fourth-order valence-electron chi connectivity index (χ4n) is 3.76. The lowest BCUT2D eigenvalue weighted by atomic mass is 9.90. The van der Waals surface area contributed by atoms with Crippen LogP contribution in [-0.2, 0) is 12.8 Å². The van der Waals surface area contributed by atoms with Gasteiger partial charge >= 0.3 is 0 Å². The number of thiophene rings is 1. The Balaban J connectivity index is 1.40. The van der Waals surface area contributed by atoms with E-state index >= 15 is 0 Å². The summed E-state index contributed by atoms with van der Waals surface area (Å²) < 4.78 is 0. The van der Waals surface area contributed by atoms with E-state index in [1.807, 2.05) is 22.4 Å². The molecule has 2 aromatic rings. The summed E-state index contributed by atoms with van der Waals surface area (Å²) in [5, 5.41) is 19.7. The molecule has 1 aliphatic carbocycles. The predicted octanol–water partition coefficient (Wildman–Crippen LogP) is 2.55. The minimum absolute atomic E-state index is 0.0495. The molecule has 122 valence electrons. The number of H-pyrrole nitrogens is 1. The van der Waals surface area contributed by atoms with Crippen molar-refractivity contribution in [3.63, 3.8) is 0 Å². The maximum atomic E-state index is 12.7. The van der Waals surface area contributed by atoms with Crippen LogP contribution in [0.3, 0.4) is 0 Å². The number of aliphatic hydroxyl groups excluding tert-OH is 1. The summed E-state index contributed by atoms with van der Waals surface area (Å²) in [6.07, 6.45) is 4.36. The Morgan fingerprint density at radius 2 is 2.22 bits per heavy atom. The Morgan fingerprint density at radius 3 is 2.96 bits per heavy atom. The molecule has 4 rings (SSSR count). The second-order valence-electron chi connectivity index (χ2n) is 6.47. The van der Waals surface area contributed by atoms with E-state index < -0.39 is 6.10 Å². The van der Waals surface area contributed by atoms with Gasteiger partial charge in [0.05, 0.1) is 6.10 Å². The van der Waals surface area contributed by atoms with Crippen molar-refractivity contribution in [3.05, 3.63) is 39.3 Å². The molecular weight excluding hydrogens is 310 g/mol. The van der Waals surface area contributed by atoms with E-state index in [0.717, 1.165) is 48.2 Å². The monoisotopic (exact) mass is 331 g/mol.